The lowest BCUT2D eigenvalue weighted by Crippen LogP contribution is -2.57. The zero-order chi connectivity index (χ0) is 16.6. The molecule has 3 rings (SSSR count). The van der Waals surface area contributed by atoms with E-state index in [2.05, 4.69) is 0 Å². The summed E-state index contributed by atoms with van der Waals surface area (Å²) in [7, 11) is 0. The first-order valence-corrected chi connectivity index (χ1v) is 7.83. The summed E-state index contributed by atoms with van der Waals surface area (Å²) < 4.78 is 10.8. The molecule has 0 unspecified atom stereocenters. The van der Waals surface area contributed by atoms with Gasteiger partial charge in [0.1, 0.15) is 17.8 Å². The Morgan fingerprint density at radius 1 is 1.35 bits per heavy atom. The van der Waals surface area contributed by atoms with Crippen LogP contribution in [-0.4, -0.2) is 59.0 Å². The molecule has 1 aliphatic rings. The fourth-order valence-electron chi connectivity index (χ4n) is 2.83. The van der Waals surface area contributed by atoms with E-state index < -0.39 is 18.2 Å². The van der Waals surface area contributed by atoms with Gasteiger partial charge in [0, 0.05) is 17.0 Å². The third kappa shape index (κ3) is 3.07. The van der Waals surface area contributed by atoms with Crippen LogP contribution in [-0.2, 0) is 4.74 Å². The van der Waals surface area contributed by atoms with Crippen molar-refractivity contribution in [2.45, 2.75) is 25.2 Å². The quantitative estimate of drug-likeness (QED) is 0.888. The zero-order valence-corrected chi connectivity index (χ0v) is 13.4. The van der Waals surface area contributed by atoms with E-state index in [-0.39, 0.29) is 24.9 Å². The van der Waals surface area contributed by atoms with Crippen LogP contribution >= 0.6 is 11.6 Å². The number of carbonyl (C=O) groups is 1. The SMILES string of the molecule is CCN(C(=O)c1cc2cc(Cl)ccc2o1)[C@@H]1COC[C@@H](O)[C@H]1O. The number of benzene rings is 1. The standard InChI is InChI=1S/C16H18ClNO5/c1-2-18(11-7-22-8-12(19)15(11)20)16(21)14-6-9-5-10(17)3-4-13(9)23-14/h3-6,11-12,15,19-20H,2,7-8H2,1H3/t11-,12-,15+/m1/s1. The third-order valence-electron chi connectivity index (χ3n) is 4.06. The largest absolute Gasteiger partial charge is 0.451 e. The number of hydrogen-bond acceptors (Lipinski definition) is 5. The number of rotatable bonds is 3. The zero-order valence-electron chi connectivity index (χ0n) is 12.6. The van der Waals surface area contributed by atoms with Crippen LogP contribution in [0.3, 0.4) is 0 Å². The van der Waals surface area contributed by atoms with Crippen molar-refractivity contribution in [3.05, 3.63) is 35.0 Å². The Balaban J connectivity index is 1.89. The Hall–Kier alpha value is -1.60. The molecule has 0 saturated carbocycles. The van der Waals surface area contributed by atoms with Crippen molar-refractivity contribution in [3.8, 4) is 0 Å². The molecule has 1 aromatic heterocycles. The van der Waals surface area contributed by atoms with Crippen LogP contribution in [0.15, 0.2) is 28.7 Å². The highest BCUT2D eigenvalue weighted by molar-refractivity contribution is 6.31. The molecule has 124 valence electrons. The summed E-state index contributed by atoms with van der Waals surface area (Å²) in [6.07, 6.45) is -2.06. The molecule has 0 spiro atoms. The summed E-state index contributed by atoms with van der Waals surface area (Å²) in [5.41, 5.74) is 0.564. The van der Waals surface area contributed by atoms with E-state index in [1.54, 1.807) is 31.2 Å². The van der Waals surface area contributed by atoms with E-state index in [0.29, 0.717) is 17.2 Å². The first kappa shape index (κ1) is 16.3. The number of aliphatic hydroxyl groups excluding tert-OH is 2. The van der Waals surface area contributed by atoms with E-state index in [1.807, 2.05) is 0 Å². The molecule has 2 heterocycles. The van der Waals surface area contributed by atoms with Crippen LogP contribution in [0.2, 0.25) is 5.02 Å². The van der Waals surface area contributed by atoms with Gasteiger partial charge in [-0.2, -0.15) is 0 Å². The summed E-state index contributed by atoms with van der Waals surface area (Å²) in [4.78, 5) is 14.2. The normalized spacial score (nSPS) is 24.8. The molecule has 0 radical (unpaired) electrons. The molecule has 1 fully saturated rings. The maximum absolute atomic E-state index is 12.7. The fraction of sp³-hybridized carbons (Fsp3) is 0.438. The van der Waals surface area contributed by atoms with Crippen molar-refractivity contribution in [3.63, 3.8) is 0 Å². The molecule has 2 N–H and O–H groups in total. The molecule has 3 atom stereocenters. The van der Waals surface area contributed by atoms with E-state index in [9.17, 15) is 15.0 Å². The lowest BCUT2D eigenvalue weighted by Gasteiger charge is -2.38. The average Bonchev–Trinajstić information content (AvgIpc) is 2.95. The van der Waals surface area contributed by atoms with Crippen molar-refractivity contribution < 1.29 is 24.2 Å². The molecule has 2 aromatic rings. The van der Waals surface area contributed by atoms with E-state index in [0.717, 1.165) is 5.39 Å². The number of likely N-dealkylation sites (N-methyl/N-ethyl adjacent to an activating group) is 1. The van der Waals surface area contributed by atoms with E-state index >= 15 is 0 Å². The molecule has 1 aromatic carbocycles. The maximum Gasteiger partial charge on any atom is 0.290 e. The molecule has 0 aliphatic carbocycles. The van der Waals surface area contributed by atoms with Crippen LogP contribution in [0, 0.1) is 0 Å². The second kappa shape index (κ2) is 6.49. The van der Waals surface area contributed by atoms with Gasteiger partial charge in [0.25, 0.3) is 5.91 Å². The number of nitrogens with zero attached hydrogens (tertiary/aromatic N) is 1. The highest BCUT2D eigenvalue weighted by Crippen LogP contribution is 2.25. The maximum atomic E-state index is 12.7. The van der Waals surface area contributed by atoms with Gasteiger partial charge >= 0.3 is 0 Å². The van der Waals surface area contributed by atoms with Crippen molar-refractivity contribution in [2.75, 3.05) is 19.8 Å². The molecule has 0 bridgehead atoms. The smallest absolute Gasteiger partial charge is 0.290 e. The average molecular weight is 340 g/mol. The molecule has 7 heteroatoms. The Bertz CT molecular complexity index is 716. The number of amides is 1. The van der Waals surface area contributed by atoms with Crippen molar-refractivity contribution in [1.29, 1.82) is 0 Å². The topological polar surface area (TPSA) is 83.1 Å². The van der Waals surface area contributed by atoms with Crippen molar-refractivity contribution >= 4 is 28.5 Å². The minimum atomic E-state index is -1.05. The fourth-order valence-corrected chi connectivity index (χ4v) is 3.01. The third-order valence-corrected chi connectivity index (χ3v) is 4.29. The number of furan rings is 1. The monoisotopic (exact) mass is 339 g/mol. The summed E-state index contributed by atoms with van der Waals surface area (Å²) in [5.74, 6) is -0.196. The van der Waals surface area contributed by atoms with Gasteiger partial charge in [-0.25, -0.2) is 0 Å². The van der Waals surface area contributed by atoms with Gasteiger partial charge in [0.05, 0.1) is 19.3 Å². The number of carbonyl (C=O) groups excluding carboxylic acids is 1. The Morgan fingerprint density at radius 2 is 2.13 bits per heavy atom. The van der Waals surface area contributed by atoms with Crippen molar-refractivity contribution in [2.24, 2.45) is 0 Å². The highest BCUT2D eigenvalue weighted by Gasteiger charge is 2.37. The lowest BCUT2D eigenvalue weighted by atomic mass is 10.0. The van der Waals surface area contributed by atoms with Gasteiger partial charge in [-0.05, 0) is 31.2 Å². The molecule has 23 heavy (non-hydrogen) atoms. The van der Waals surface area contributed by atoms with Gasteiger partial charge in [0.15, 0.2) is 5.76 Å². The van der Waals surface area contributed by atoms with Crippen LogP contribution in [0.1, 0.15) is 17.5 Å². The molecular weight excluding hydrogens is 322 g/mol. The number of hydrogen-bond donors (Lipinski definition) is 2. The number of halogens is 1. The first-order valence-electron chi connectivity index (χ1n) is 7.45. The Labute approximate surface area is 138 Å². The Kier molecular flexibility index (Phi) is 4.59. The minimum Gasteiger partial charge on any atom is -0.451 e. The van der Waals surface area contributed by atoms with E-state index in [1.165, 1.54) is 4.90 Å². The molecule has 6 nitrogen and oxygen atoms in total. The predicted octanol–water partition coefficient (Wildman–Crippen LogP) is 1.67. The first-order chi connectivity index (χ1) is 11.0. The molecule has 1 saturated heterocycles. The van der Waals surface area contributed by atoms with Crippen LogP contribution in [0.25, 0.3) is 11.0 Å². The van der Waals surface area contributed by atoms with Gasteiger partial charge in [0.2, 0.25) is 0 Å². The molecule has 1 aliphatic heterocycles. The number of fused-ring (bicyclic) bond motifs is 1. The number of aliphatic hydroxyl groups is 2. The van der Waals surface area contributed by atoms with Gasteiger partial charge in [-0.15, -0.1) is 0 Å². The van der Waals surface area contributed by atoms with Gasteiger partial charge in [-0.3, -0.25) is 4.79 Å². The highest BCUT2D eigenvalue weighted by atomic mass is 35.5. The van der Waals surface area contributed by atoms with Crippen LogP contribution in [0.4, 0.5) is 0 Å². The van der Waals surface area contributed by atoms with Crippen LogP contribution in [0.5, 0.6) is 0 Å². The molecule has 1 amide bonds. The lowest BCUT2D eigenvalue weighted by molar-refractivity contribution is -0.125. The van der Waals surface area contributed by atoms with Gasteiger partial charge in [-0.1, -0.05) is 11.6 Å². The summed E-state index contributed by atoms with van der Waals surface area (Å²) in [5, 5.41) is 21.2. The summed E-state index contributed by atoms with van der Waals surface area (Å²) in [6, 6.07) is 6.11. The Morgan fingerprint density at radius 3 is 2.87 bits per heavy atom. The van der Waals surface area contributed by atoms with Crippen molar-refractivity contribution in [1.82, 2.24) is 4.90 Å². The second-order valence-corrected chi connectivity index (χ2v) is 5.98. The second-order valence-electron chi connectivity index (χ2n) is 5.55. The van der Waals surface area contributed by atoms with E-state index in [4.69, 9.17) is 20.8 Å². The van der Waals surface area contributed by atoms with Gasteiger partial charge < -0.3 is 24.3 Å². The summed E-state index contributed by atoms with van der Waals surface area (Å²) in [6.45, 7) is 2.38. The van der Waals surface area contributed by atoms with Crippen LogP contribution < -0.4 is 0 Å². The molecular formula is C16H18ClNO5. The minimum absolute atomic E-state index is 0.0621. The summed E-state index contributed by atoms with van der Waals surface area (Å²) >= 11 is 5.94. The number of ether oxygens (including phenoxy) is 1. The predicted molar refractivity (Wildman–Crippen MR) is 84.6 cm³/mol.